The smallest absolute Gasteiger partial charge is 0.292 e. The van der Waals surface area contributed by atoms with E-state index >= 15 is 0 Å². The molecule has 0 spiro atoms. The van der Waals surface area contributed by atoms with Gasteiger partial charge in [0.2, 0.25) is 17.6 Å². The van der Waals surface area contributed by atoms with E-state index in [1.807, 2.05) is 20.8 Å². The first-order valence-electron chi connectivity index (χ1n) is 9.80. The van der Waals surface area contributed by atoms with Gasteiger partial charge in [0.25, 0.3) is 5.91 Å². The van der Waals surface area contributed by atoms with E-state index < -0.39 is 5.41 Å². The molecule has 2 N–H and O–H groups in total. The number of likely N-dealkylation sites (tertiary alicyclic amines) is 1. The average molecular weight is 393 g/mol. The molecule has 1 fully saturated rings. The molecule has 28 heavy (non-hydrogen) atoms. The van der Waals surface area contributed by atoms with Gasteiger partial charge in [0.05, 0.1) is 12.2 Å². The molecule has 0 unspecified atom stereocenters. The summed E-state index contributed by atoms with van der Waals surface area (Å²) in [4.78, 5) is 38.4. The summed E-state index contributed by atoms with van der Waals surface area (Å²) in [5.74, 6) is 0.116. The molecule has 1 aliphatic rings. The van der Waals surface area contributed by atoms with Gasteiger partial charge in [-0.2, -0.15) is 0 Å². The first-order valence-corrected chi connectivity index (χ1v) is 9.80. The second-order valence-electron chi connectivity index (χ2n) is 8.64. The van der Waals surface area contributed by atoms with Crippen LogP contribution in [0.15, 0.2) is 4.52 Å². The third-order valence-electron chi connectivity index (χ3n) is 5.36. The molecule has 0 aliphatic carbocycles. The van der Waals surface area contributed by atoms with Crippen molar-refractivity contribution in [3.8, 4) is 0 Å². The van der Waals surface area contributed by atoms with Crippen LogP contribution >= 0.6 is 0 Å². The average Bonchev–Trinajstić information content (AvgIpc) is 2.97. The molecule has 156 valence electrons. The number of nitrogens with zero attached hydrogens (tertiary/aromatic N) is 2. The van der Waals surface area contributed by atoms with E-state index in [1.165, 1.54) is 0 Å². The minimum absolute atomic E-state index is 0.0226. The van der Waals surface area contributed by atoms with E-state index in [4.69, 9.17) is 4.52 Å². The normalized spacial score (nSPS) is 16.6. The van der Waals surface area contributed by atoms with Crippen LogP contribution in [-0.2, 0) is 9.59 Å². The molecule has 3 amide bonds. The van der Waals surface area contributed by atoms with E-state index in [-0.39, 0.29) is 36.2 Å². The van der Waals surface area contributed by atoms with Crippen LogP contribution in [0.25, 0.3) is 0 Å². The van der Waals surface area contributed by atoms with Gasteiger partial charge in [0.15, 0.2) is 0 Å². The molecule has 0 aromatic carbocycles. The van der Waals surface area contributed by atoms with E-state index in [1.54, 1.807) is 25.7 Å². The van der Waals surface area contributed by atoms with E-state index in [0.29, 0.717) is 18.8 Å². The van der Waals surface area contributed by atoms with Crippen molar-refractivity contribution in [1.82, 2.24) is 20.7 Å². The first kappa shape index (κ1) is 21.9. The molecular formula is C20H32N4O4. The molecule has 1 atom stereocenters. The van der Waals surface area contributed by atoms with Crippen LogP contribution in [0.1, 0.15) is 62.3 Å². The Labute approximate surface area is 166 Å². The molecule has 0 radical (unpaired) electrons. The second kappa shape index (κ2) is 8.75. The maximum Gasteiger partial charge on any atom is 0.292 e. The van der Waals surface area contributed by atoms with Crippen LogP contribution in [0.5, 0.6) is 0 Å². The van der Waals surface area contributed by atoms with Crippen molar-refractivity contribution in [1.29, 1.82) is 0 Å². The number of hydrogen-bond donors (Lipinski definition) is 2. The summed E-state index contributed by atoms with van der Waals surface area (Å²) in [7, 11) is 0. The predicted molar refractivity (Wildman–Crippen MR) is 105 cm³/mol. The Morgan fingerprint density at radius 2 is 1.82 bits per heavy atom. The topological polar surface area (TPSA) is 105 Å². The van der Waals surface area contributed by atoms with Gasteiger partial charge in [-0.1, -0.05) is 25.9 Å². The quantitative estimate of drug-likeness (QED) is 0.795. The Kier molecular flexibility index (Phi) is 6.85. The lowest BCUT2D eigenvalue weighted by molar-refractivity contribution is -0.131. The molecule has 2 rings (SSSR count). The molecule has 8 heteroatoms. The van der Waals surface area contributed by atoms with Crippen LogP contribution in [0.3, 0.4) is 0 Å². The van der Waals surface area contributed by atoms with Crippen LogP contribution < -0.4 is 10.6 Å². The zero-order valence-electron chi connectivity index (χ0n) is 17.7. The lowest BCUT2D eigenvalue weighted by Gasteiger charge is -2.34. The number of amides is 3. The van der Waals surface area contributed by atoms with E-state index in [2.05, 4.69) is 15.8 Å². The third-order valence-corrected chi connectivity index (χ3v) is 5.36. The van der Waals surface area contributed by atoms with Gasteiger partial charge in [-0.3, -0.25) is 14.4 Å². The van der Waals surface area contributed by atoms with Gasteiger partial charge in [-0.25, -0.2) is 0 Å². The Bertz CT molecular complexity index is 727. The van der Waals surface area contributed by atoms with Crippen LogP contribution in [0.4, 0.5) is 0 Å². The monoisotopic (exact) mass is 392 g/mol. The highest BCUT2D eigenvalue weighted by molar-refractivity contribution is 5.93. The molecule has 1 aliphatic heterocycles. The highest BCUT2D eigenvalue weighted by atomic mass is 16.5. The molecule has 8 nitrogen and oxygen atoms in total. The van der Waals surface area contributed by atoms with Crippen molar-refractivity contribution in [3.63, 3.8) is 0 Å². The largest absolute Gasteiger partial charge is 0.352 e. The first-order chi connectivity index (χ1) is 13.0. The summed E-state index contributed by atoms with van der Waals surface area (Å²) < 4.78 is 5.17. The zero-order chi connectivity index (χ0) is 21.1. The summed E-state index contributed by atoms with van der Waals surface area (Å²) in [6.07, 6.45) is 1.60. The fraction of sp³-hybridized carbons (Fsp3) is 0.700. The summed E-state index contributed by atoms with van der Waals surface area (Å²) in [6, 6.07) is -0.0226. The standard InChI is InChI=1S/C20H32N4O4/c1-12-13(2)23-28-17(12)18(26)24-9-7-15(8-10-24)14(3)22-16(25)11-21-19(27)20(4,5)6/h14-15H,7-11H2,1-6H3,(H,21,27)(H,22,25)/t14-/m1/s1. The predicted octanol–water partition coefficient (Wildman–Crippen LogP) is 1.81. The van der Waals surface area contributed by atoms with Crippen molar-refractivity contribution in [2.45, 2.75) is 60.4 Å². The fourth-order valence-corrected chi connectivity index (χ4v) is 3.21. The maximum absolute atomic E-state index is 12.6. The zero-order valence-corrected chi connectivity index (χ0v) is 17.7. The summed E-state index contributed by atoms with van der Waals surface area (Å²) in [6.45, 7) is 12.2. The Morgan fingerprint density at radius 1 is 1.21 bits per heavy atom. The van der Waals surface area contributed by atoms with E-state index in [9.17, 15) is 14.4 Å². The summed E-state index contributed by atoms with van der Waals surface area (Å²) in [5.41, 5.74) is 0.990. The molecule has 0 saturated carbocycles. The molecule has 1 saturated heterocycles. The van der Waals surface area contributed by atoms with Crippen molar-refractivity contribution in [3.05, 3.63) is 17.0 Å². The number of carbonyl (C=O) groups is 3. The molecule has 0 bridgehead atoms. The van der Waals surface area contributed by atoms with Crippen LogP contribution in [-0.4, -0.2) is 53.5 Å². The van der Waals surface area contributed by atoms with Crippen molar-refractivity contribution in [2.24, 2.45) is 11.3 Å². The Balaban J connectivity index is 1.79. The number of piperidine rings is 1. The minimum Gasteiger partial charge on any atom is -0.352 e. The number of carbonyl (C=O) groups excluding carboxylic acids is 3. The number of nitrogens with one attached hydrogen (secondary N) is 2. The number of aryl methyl sites for hydroxylation is 1. The van der Waals surface area contributed by atoms with Crippen molar-refractivity contribution in [2.75, 3.05) is 19.6 Å². The number of hydrogen-bond acceptors (Lipinski definition) is 5. The van der Waals surface area contributed by atoms with Gasteiger partial charge in [0, 0.05) is 30.1 Å². The maximum atomic E-state index is 12.6. The molecular weight excluding hydrogens is 360 g/mol. The SMILES string of the molecule is Cc1noc(C(=O)N2CCC([C@@H](C)NC(=O)CNC(=O)C(C)(C)C)CC2)c1C. The van der Waals surface area contributed by atoms with E-state index in [0.717, 1.165) is 24.1 Å². The molecule has 2 heterocycles. The van der Waals surface area contributed by atoms with Gasteiger partial charge >= 0.3 is 0 Å². The minimum atomic E-state index is -0.522. The Morgan fingerprint density at radius 3 is 2.32 bits per heavy atom. The van der Waals surface area contributed by atoms with Crippen LogP contribution in [0, 0.1) is 25.2 Å². The third kappa shape index (κ3) is 5.33. The summed E-state index contributed by atoms with van der Waals surface area (Å²) in [5, 5.41) is 9.47. The Hall–Kier alpha value is -2.38. The van der Waals surface area contributed by atoms with Gasteiger partial charge in [-0.15, -0.1) is 0 Å². The highest BCUT2D eigenvalue weighted by Crippen LogP contribution is 2.23. The summed E-state index contributed by atoms with van der Waals surface area (Å²) >= 11 is 0. The molecule has 1 aromatic heterocycles. The van der Waals surface area contributed by atoms with Gasteiger partial charge in [0.1, 0.15) is 0 Å². The van der Waals surface area contributed by atoms with Gasteiger partial charge < -0.3 is 20.1 Å². The lowest BCUT2D eigenvalue weighted by Crippen LogP contribution is -2.48. The highest BCUT2D eigenvalue weighted by Gasteiger charge is 2.30. The van der Waals surface area contributed by atoms with Crippen molar-refractivity contribution >= 4 is 17.7 Å². The lowest BCUT2D eigenvalue weighted by atomic mass is 9.90. The fourth-order valence-electron chi connectivity index (χ4n) is 3.21. The van der Waals surface area contributed by atoms with Crippen LogP contribution in [0.2, 0.25) is 0 Å². The number of rotatable bonds is 5. The number of aromatic nitrogens is 1. The second-order valence-corrected chi connectivity index (χ2v) is 8.64. The van der Waals surface area contributed by atoms with Gasteiger partial charge in [-0.05, 0) is 39.5 Å². The molecule has 1 aromatic rings. The van der Waals surface area contributed by atoms with Crippen molar-refractivity contribution < 1.29 is 18.9 Å².